The standard InChI is InChI=1S/C49H96NO8P/c1-6-8-10-12-14-16-18-20-21-22-23-24-25-26-27-28-30-31-33-35-37-39-41-48(51)55-45-47(46-57-59(53,54)56-44-43-50(3,4)5)58-49(52)42-40-38-36-34-32-29-19-17-15-13-11-9-7-2/h29,32,47H,6-28,30-31,33-46H2,1-5H3/b32-29+/t47-/m1/s1. The lowest BCUT2D eigenvalue weighted by molar-refractivity contribution is -0.870. The minimum Gasteiger partial charge on any atom is -0.756 e. The highest BCUT2D eigenvalue weighted by Crippen LogP contribution is 2.38. The molecular formula is C49H96NO8P. The van der Waals surface area contributed by atoms with Gasteiger partial charge in [0, 0.05) is 12.8 Å². The summed E-state index contributed by atoms with van der Waals surface area (Å²) >= 11 is 0. The Bertz CT molecular complexity index is 1020. The molecular weight excluding hydrogens is 762 g/mol. The highest BCUT2D eigenvalue weighted by atomic mass is 31.2. The molecule has 0 N–H and O–H groups in total. The van der Waals surface area contributed by atoms with E-state index >= 15 is 0 Å². The summed E-state index contributed by atoms with van der Waals surface area (Å²) in [6.07, 6.45) is 45.3. The number of carbonyl (C=O) groups excluding carboxylic acids is 2. The lowest BCUT2D eigenvalue weighted by Gasteiger charge is -2.28. The summed E-state index contributed by atoms with van der Waals surface area (Å²) in [6.45, 7) is 4.24. The maximum Gasteiger partial charge on any atom is 0.306 e. The van der Waals surface area contributed by atoms with Gasteiger partial charge in [-0.3, -0.25) is 14.2 Å². The number of quaternary nitrogens is 1. The second-order valence-electron chi connectivity index (χ2n) is 18.2. The molecule has 0 heterocycles. The van der Waals surface area contributed by atoms with E-state index < -0.39 is 26.5 Å². The number of carbonyl (C=O) groups is 2. The van der Waals surface area contributed by atoms with E-state index in [9.17, 15) is 19.0 Å². The first kappa shape index (κ1) is 57.8. The Balaban J connectivity index is 4.18. The van der Waals surface area contributed by atoms with Gasteiger partial charge in [0.25, 0.3) is 7.82 Å². The average molecular weight is 858 g/mol. The fourth-order valence-electron chi connectivity index (χ4n) is 7.12. The summed E-state index contributed by atoms with van der Waals surface area (Å²) in [6, 6.07) is 0. The van der Waals surface area contributed by atoms with Gasteiger partial charge in [-0.25, -0.2) is 0 Å². The molecule has 0 saturated carbocycles. The molecule has 2 atom stereocenters. The molecule has 59 heavy (non-hydrogen) atoms. The number of esters is 2. The van der Waals surface area contributed by atoms with E-state index in [1.54, 1.807) is 0 Å². The minimum absolute atomic E-state index is 0.0303. The van der Waals surface area contributed by atoms with Crippen LogP contribution < -0.4 is 4.89 Å². The normalized spacial score (nSPS) is 13.5. The first-order valence-electron chi connectivity index (χ1n) is 24.9. The van der Waals surface area contributed by atoms with Gasteiger partial charge in [0.2, 0.25) is 0 Å². The van der Waals surface area contributed by atoms with Crippen LogP contribution in [0.1, 0.15) is 239 Å². The molecule has 350 valence electrons. The van der Waals surface area contributed by atoms with Crippen LogP contribution in [0.3, 0.4) is 0 Å². The molecule has 0 aromatic rings. The van der Waals surface area contributed by atoms with Gasteiger partial charge in [-0.15, -0.1) is 0 Å². The molecule has 0 spiro atoms. The van der Waals surface area contributed by atoms with Crippen molar-refractivity contribution in [1.82, 2.24) is 0 Å². The van der Waals surface area contributed by atoms with Crippen molar-refractivity contribution in [2.24, 2.45) is 0 Å². The van der Waals surface area contributed by atoms with Crippen LogP contribution in [0.4, 0.5) is 0 Å². The molecule has 0 aliphatic carbocycles. The van der Waals surface area contributed by atoms with Crippen LogP contribution in [0, 0.1) is 0 Å². The zero-order valence-electron chi connectivity index (χ0n) is 39.5. The topological polar surface area (TPSA) is 111 Å². The smallest absolute Gasteiger partial charge is 0.306 e. The van der Waals surface area contributed by atoms with E-state index in [-0.39, 0.29) is 32.0 Å². The van der Waals surface area contributed by atoms with Crippen LogP contribution in [-0.4, -0.2) is 70.0 Å². The average Bonchev–Trinajstić information content (AvgIpc) is 3.19. The third-order valence-corrected chi connectivity index (χ3v) is 12.0. The molecule has 0 rings (SSSR count). The summed E-state index contributed by atoms with van der Waals surface area (Å²) in [7, 11) is 1.17. The Morgan fingerprint density at radius 1 is 0.508 bits per heavy atom. The second-order valence-corrected chi connectivity index (χ2v) is 19.6. The first-order valence-corrected chi connectivity index (χ1v) is 26.4. The van der Waals surface area contributed by atoms with Gasteiger partial charge in [0.1, 0.15) is 19.8 Å². The number of allylic oxidation sites excluding steroid dienone is 2. The van der Waals surface area contributed by atoms with Gasteiger partial charge in [-0.2, -0.15) is 0 Å². The van der Waals surface area contributed by atoms with Crippen LogP contribution in [0.2, 0.25) is 0 Å². The van der Waals surface area contributed by atoms with Gasteiger partial charge in [-0.1, -0.05) is 199 Å². The fourth-order valence-corrected chi connectivity index (χ4v) is 7.85. The molecule has 9 nitrogen and oxygen atoms in total. The lowest BCUT2D eigenvalue weighted by Crippen LogP contribution is -2.37. The summed E-state index contributed by atoms with van der Waals surface area (Å²) in [5.41, 5.74) is 0. The van der Waals surface area contributed by atoms with Gasteiger partial charge >= 0.3 is 11.9 Å². The Labute approximate surface area is 365 Å². The molecule has 0 amide bonds. The number of rotatable bonds is 46. The van der Waals surface area contributed by atoms with E-state index in [1.807, 2.05) is 21.1 Å². The fraction of sp³-hybridized carbons (Fsp3) is 0.918. The molecule has 0 bridgehead atoms. The zero-order chi connectivity index (χ0) is 43.6. The first-order chi connectivity index (χ1) is 28.5. The molecule has 10 heteroatoms. The monoisotopic (exact) mass is 858 g/mol. The van der Waals surface area contributed by atoms with E-state index in [0.29, 0.717) is 17.4 Å². The third-order valence-electron chi connectivity index (χ3n) is 11.0. The molecule has 1 unspecified atom stereocenters. The number of nitrogens with zero attached hydrogens (tertiary/aromatic N) is 1. The van der Waals surface area contributed by atoms with E-state index in [2.05, 4.69) is 26.0 Å². The summed E-state index contributed by atoms with van der Waals surface area (Å²) < 4.78 is 34.0. The molecule has 0 aromatic heterocycles. The quantitative estimate of drug-likeness (QED) is 0.0196. The predicted octanol–water partition coefficient (Wildman–Crippen LogP) is 13.9. The maximum atomic E-state index is 12.7. The van der Waals surface area contributed by atoms with Gasteiger partial charge in [0.05, 0.1) is 27.7 Å². The summed E-state index contributed by atoms with van der Waals surface area (Å²) in [5, 5.41) is 0. The number of ether oxygens (including phenoxy) is 2. The van der Waals surface area contributed by atoms with Crippen molar-refractivity contribution in [3.05, 3.63) is 12.2 Å². The lowest BCUT2D eigenvalue weighted by atomic mass is 10.0. The van der Waals surface area contributed by atoms with E-state index in [4.69, 9.17) is 18.5 Å². The third kappa shape index (κ3) is 46.1. The Morgan fingerprint density at radius 2 is 0.864 bits per heavy atom. The van der Waals surface area contributed by atoms with E-state index in [0.717, 1.165) is 44.9 Å². The molecule has 0 aromatic carbocycles. The van der Waals surface area contributed by atoms with Crippen molar-refractivity contribution in [2.45, 2.75) is 245 Å². The predicted molar refractivity (Wildman–Crippen MR) is 245 cm³/mol. The Hall–Kier alpha value is -1.25. The van der Waals surface area contributed by atoms with E-state index in [1.165, 1.54) is 161 Å². The summed E-state index contributed by atoms with van der Waals surface area (Å²) in [5.74, 6) is -0.840. The van der Waals surface area contributed by atoms with Gasteiger partial charge in [0.15, 0.2) is 6.10 Å². The highest BCUT2D eigenvalue weighted by Gasteiger charge is 2.21. The zero-order valence-corrected chi connectivity index (χ0v) is 40.4. The van der Waals surface area contributed by atoms with Crippen molar-refractivity contribution in [3.8, 4) is 0 Å². The van der Waals surface area contributed by atoms with Crippen LogP contribution in [0.25, 0.3) is 0 Å². The second kappa shape index (κ2) is 42.1. The maximum absolute atomic E-state index is 12.7. The minimum atomic E-state index is -4.62. The number of phosphoric acid groups is 1. The molecule has 0 fully saturated rings. The molecule has 0 radical (unpaired) electrons. The molecule has 0 aliphatic heterocycles. The van der Waals surface area contributed by atoms with Crippen molar-refractivity contribution in [3.63, 3.8) is 0 Å². The van der Waals surface area contributed by atoms with Gasteiger partial charge in [-0.05, 0) is 38.5 Å². The molecule has 0 saturated heterocycles. The number of likely N-dealkylation sites (N-methyl/N-ethyl adjacent to an activating group) is 1. The van der Waals surface area contributed by atoms with Crippen molar-refractivity contribution in [2.75, 3.05) is 47.5 Å². The van der Waals surface area contributed by atoms with Crippen molar-refractivity contribution < 1.29 is 42.1 Å². The van der Waals surface area contributed by atoms with Crippen LogP contribution in [0.5, 0.6) is 0 Å². The van der Waals surface area contributed by atoms with Crippen molar-refractivity contribution >= 4 is 19.8 Å². The van der Waals surface area contributed by atoms with Gasteiger partial charge < -0.3 is 27.9 Å². The molecule has 0 aliphatic rings. The van der Waals surface area contributed by atoms with Crippen molar-refractivity contribution in [1.29, 1.82) is 0 Å². The largest absolute Gasteiger partial charge is 0.756 e. The van der Waals surface area contributed by atoms with Crippen LogP contribution in [-0.2, 0) is 32.7 Å². The summed E-state index contributed by atoms with van der Waals surface area (Å²) in [4.78, 5) is 37.6. The Morgan fingerprint density at radius 3 is 1.27 bits per heavy atom. The number of hydrogen-bond acceptors (Lipinski definition) is 8. The number of hydrogen-bond donors (Lipinski definition) is 0. The number of phosphoric ester groups is 1. The highest BCUT2D eigenvalue weighted by molar-refractivity contribution is 7.45. The Kier molecular flexibility index (Phi) is 41.2. The number of unbranched alkanes of at least 4 members (excludes halogenated alkanes) is 30. The SMILES string of the molecule is CCCCCCCC/C=C/CCCCCC(=O)O[C@H](COC(=O)CCCCCCCCCCCCCCCCCCCCCCCC)COP(=O)([O-])OCC[N+](C)(C)C. The van der Waals surface area contributed by atoms with Crippen LogP contribution in [0.15, 0.2) is 12.2 Å². The van der Waals surface area contributed by atoms with Crippen LogP contribution >= 0.6 is 7.82 Å².